The van der Waals surface area contributed by atoms with Gasteiger partial charge in [-0.2, -0.15) is 0 Å². The lowest BCUT2D eigenvalue weighted by atomic mass is 9.97. The lowest BCUT2D eigenvalue weighted by Gasteiger charge is -2.40. The minimum absolute atomic E-state index is 0.406. The topological polar surface area (TPSA) is 32.5 Å². The summed E-state index contributed by atoms with van der Waals surface area (Å²) in [5.41, 5.74) is 8.17. The molecule has 0 bridgehead atoms. The molecule has 0 amide bonds. The molecule has 1 aromatic carbocycles. The minimum atomic E-state index is -1.18. The molecule has 1 heterocycles. The maximum Gasteiger partial charge on any atom is 0.130 e. The number of benzene rings is 1. The molecule has 24 heavy (non-hydrogen) atoms. The summed E-state index contributed by atoms with van der Waals surface area (Å²) in [6.45, 7) is 8.52. The van der Waals surface area contributed by atoms with E-state index in [4.69, 9.17) is 5.73 Å². The number of piperazine rings is 1. The zero-order chi connectivity index (χ0) is 17.2. The van der Waals surface area contributed by atoms with E-state index in [1.807, 2.05) is 12.2 Å². The van der Waals surface area contributed by atoms with E-state index in [1.165, 1.54) is 16.8 Å². The second-order valence-electron chi connectivity index (χ2n) is 7.09. The van der Waals surface area contributed by atoms with Gasteiger partial charge in [0.05, 0.1) is 0 Å². The Balaban J connectivity index is 1.56. The maximum absolute atomic E-state index is 13.9. The molecule has 0 radical (unpaired) electrons. The van der Waals surface area contributed by atoms with E-state index in [-0.39, 0.29) is 0 Å². The zero-order valence-corrected chi connectivity index (χ0v) is 14.7. The van der Waals surface area contributed by atoms with Crippen molar-refractivity contribution in [2.75, 3.05) is 26.2 Å². The monoisotopic (exact) mass is 329 g/mol. The maximum atomic E-state index is 13.9. The lowest BCUT2D eigenvalue weighted by molar-refractivity contribution is 0.124. The molecule has 2 unspecified atom stereocenters. The highest BCUT2D eigenvalue weighted by atomic mass is 19.1. The van der Waals surface area contributed by atoms with E-state index < -0.39 is 5.67 Å². The Morgan fingerprint density at radius 1 is 1.17 bits per heavy atom. The van der Waals surface area contributed by atoms with Crippen LogP contribution in [-0.4, -0.2) is 41.6 Å². The van der Waals surface area contributed by atoms with Gasteiger partial charge in [-0.05, 0) is 37.1 Å². The molecule has 1 aliphatic heterocycles. The highest BCUT2D eigenvalue weighted by Gasteiger charge is 2.26. The number of halogens is 1. The SMILES string of the molecule is CC(c1ccc(CN)cc1)N1CCN(C2=CCC(C)(F)C=C2)CC1. The molecule has 1 fully saturated rings. The fourth-order valence-electron chi connectivity index (χ4n) is 3.44. The normalized spacial score (nSPS) is 26.3. The van der Waals surface area contributed by atoms with Gasteiger partial charge in [0.2, 0.25) is 0 Å². The number of alkyl halides is 1. The van der Waals surface area contributed by atoms with E-state index >= 15 is 0 Å². The van der Waals surface area contributed by atoms with Crippen molar-refractivity contribution in [3.05, 3.63) is 59.3 Å². The fraction of sp³-hybridized carbons (Fsp3) is 0.500. The zero-order valence-electron chi connectivity index (χ0n) is 14.7. The van der Waals surface area contributed by atoms with Crippen LogP contribution < -0.4 is 5.73 Å². The number of rotatable bonds is 4. The van der Waals surface area contributed by atoms with Crippen LogP contribution >= 0.6 is 0 Å². The van der Waals surface area contributed by atoms with Gasteiger partial charge in [-0.25, -0.2) is 4.39 Å². The quantitative estimate of drug-likeness (QED) is 0.919. The molecule has 0 aromatic heterocycles. The lowest BCUT2D eigenvalue weighted by Crippen LogP contribution is -2.46. The second-order valence-corrected chi connectivity index (χ2v) is 7.09. The number of hydrogen-bond acceptors (Lipinski definition) is 3. The molecule has 0 spiro atoms. The van der Waals surface area contributed by atoms with Crippen LogP contribution in [0.1, 0.15) is 37.4 Å². The van der Waals surface area contributed by atoms with Crippen LogP contribution in [0, 0.1) is 0 Å². The van der Waals surface area contributed by atoms with Crippen molar-refractivity contribution in [2.45, 2.75) is 38.5 Å². The number of nitrogens with two attached hydrogens (primary N) is 1. The van der Waals surface area contributed by atoms with E-state index in [0.29, 0.717) is 19.0 Å². The average molecular weight is 329 g/mol. The summed E-state index contributed by atoms with van der Waals surface area (Å²) >= 11 is 0. The molecule has 1 aromatic rings. The first-order valence-corrected chi connectivity index (χ1v) is 8.85. The van der Waals surface area contributed by atoms with Gasteiger partial charge >= 0.3 is 0 Å². The number of hydrogen-bond donors (Lipinski definition) is 1. The average Bonchev–Trinajstić information content (AvgIpc) is 2.61. The number of allylic oxidation sites excluding steroid dienone is 3. The van der Waals surface area contributed by atoms with Gasteiger partial charge in [-0.15, -0.1) is 0 Å². The van der Waals surface area contributed by atoms with E-state index in [9.17, 15) is 4.39 Å². The Labute approximate surface area is 144 Å². The third-order valence-corrected chi connectivity index (χ3v) is 5.24. The van der Waals surface area contributed by atoms with Crippen molar-refractivity contribution in [3.63, 3.8) is 0 Å². The summed E-state index contributed by atoms with van der Waals surface area (Å²) in [4.78, 5) is 4.88. The van der Waals surface area contributed by atoms with Gasteiger partial charge in [-0.3, -0.25) is 4.90 Å². The summed E-state index contributed by atoms with van der Waals surface area (Å²) in [6.07, 6.45) is 6.14. The van der Waals surface area contributed by atoms with Gasteiger partial charge in [0.1, 0.15) is 5.67 Å². The van der Waals surface area contributed by atoms with Crippen LogP contribution in [0.3, 0.4) is 0 Å². The van der Waals surface area contributed by atoms with Crippen LogP contribution in [0.4, 0.5) is 4.39 Å². The van der Waals surface area contributed by atoms with Crippen molar-refractivity contribution in [1.29, 1.82) is 0 Å². The number of nitrogens with zero attached hydrogens (tertiary/aromatic N) is 2. The minimum Gasteiger partial charge on any atom is -0.369 e. The Bertz CT molecular complexity index is 610. The molecule has 0 saturated carbocycles. The molecule has 1 saturated heterocycles. The van der Waals surface area contributed by atoms with Gasteiger partial charge in [0.25, 0.3) is 0 Å². The van der Waals surface area contributed by atoms with Crippen LogP contribution in [0.5, 0.6) is 0 Å². The standard InChI is InChI=1S/C20H28FN3/c1-16(18-5-3-17(15-22)4-6-18)23-11-13-24(14-12-23)19-7-9-20(2,21)10-8-19/h3-9,16H,10-15,22H2,1-2H3. The van der Waals surface area contributed by atoms with E-state index in [0.717, 1.165) is 26.2 Å². The molecule has 2 atom stereocenters. The summed E-state index contributed by atoms with van der Waals surface area (Å²) in [5, 5.41) is 0. The Morgan fingerprint density at radius 2 is 1.83 bits per heavy atom. The van der Waals surface area contributed by atoms with Crippen molar-refractivity contribution in [1.82, 2.24) is 9.80 Å². The highest BCUT2D eigenvalue weighted by Crippen LogP contribution is 2.28. The molecule has 2 N–H and O–H groups in total. The molecule has 130 valence electrons. The fourth-order valence-corrected chi connectivity index (χ4v) is 3.44. The van der Waals surface area contributed by atoms with Gasteiger partial charge in [0.15, 0.2) is 0 Å². The molecule has 2 aliphatic rings. The Morgan fingerprint density at radius 3 is 2.38 bits per heavy atom. The molecule has 1 aliphatic carbocycles. The first-order valence-electron chi connectivity index (χ1n) is 8.85. The first kappa shape index (κ1) is 17.2. The third kappa shape index (κ3) is 3.87. The van der Waals surface area contributed by atoms with Crippen molar-refractivity contribution in [2.24, 2.45) is 5.73 Å². The molecule has 3 nitrogen and oxygen atoms in total. The van der Waals surface area contributed by atoms with Crippen LogP contribution in [-0.2, 0) is 6.54 Å². The summed E-state index contributed by atoms with van der Waals surface area (Å²) in [7, 11) is 0. The van der Waals surface area contributed by atoms with Gasteiger partial charge < -0.3 is 10.6 Å². The Kier molecular flexibility index (Phi) is 5.07. The highest BCUT2D eigenvalue weighted by molar-refractivity contribution is 5.27. The Hall–Kier alpha value is -1.65. The molecular weight excluding hydrogens is 301 g/mol. The van der Waals surface area contributed by atoms with Crippen LogP contribution in [0.25, 0.3) is 0 Å². The predicted octanol–water partition coefficient (Wildman–Crippen LogP) is 3.40. The second kappa shape index (κ2) is 7.08. The van der Waals surface area contributed by atoms with E-state index in [2.05, 4.69) is 41.0 Å². The largest absolute Gasteiger partial charge is 0.369 e. The molecular formula is C20H28FN3. The summed E-state index contributed by atoms with van der Waals surface area (Å²) in [5.74, 6) is 0. The smallest absolute Gasteiger partial charge is 0.130 e. The summed E-state index contributed by atoms with van der Waals surface area (Å²) < 4.78 is 13.9. The third-order valence-electron chi connectivity index (χ3n) is 5.24. The van der Waals surface area contributed by atoms with E-state index in [1.54, 1.807) is 13.0 Å². The van der Waals surface area contributed by atoms with Crippen molar-refractivity contribution < 1.29 is 4.39 Å². The first-order chi connectivity index (χ1) is 11.5. The van der Waals surface area contributed by atoms with Gasteiger partial charge in [-0.1, -0.05) is 30.3 Å². The van der Waals surface area contributed by atoms with Gasteiger partial charge in [0, 0.05) is 50.9 Å². The van der Waals surface area contributed by atoms with Crippen molar-refractivity contribution in [3.8, 4) is 0 Å². The molecule has 4 heteroatoms. The predicted molar refractivity (Wildman–Crippen MR) is 97.2 cm³/mol. The van der Waals surface area contributed by atoms with Crippen LogP contribution in [0.15, 0.2) is 48.2 Å². The molecule has 3 rings (SSSR count). The summed E-state index contributed by atoms with van der Waals surface area (Å²) in [6, 6.07) is 9.02. The van der Waals surface area contributed by atoms with Crippen molar-refractivity contribution >= 4 is 0 Å². The van der Waals surface area contributed by atoms with Crippen LogP contribution in [0.2, 0.25) is 0 Å².